The van der Waals surface area contributed by atoms with Crippen molar-refractivity contribution in [2.24, 2.45) is 7.05 Å². The lowest BCUT2D eigenvalue weighted by molar-refractivity contribution is -0.131. The maximum absolute atomic E-state index is 13.1. The summed E-state index contributed by atoms with van der Waals surface area (Å²) in [6.45, 7) is 1.92. The molecule has 0 radical (unpaired) electrons. The summed E-state index contributed by atoms with van der Waals surface area (Å²) >= 11 is 1.23. The topological polar surface area (TPSA) is 80.1 Å². The Labute approximate surface area is 178 Å². The molecule has 2 amide bonds. The van der Waals surface area contributed by atoms with Gasteiger partial charge in [0.25, 0.3) is 0 Å². The van der Waals surface area contributed by atoms with Gasteiger partial charge in [-0.25, -0.2) is 4.39 Å². The molecule has 156 valence electrons. The minimum absolute atomic E-state index is 0.0487. The molecule has 1 aromatic heterocycles. The number of nitrogens with one attached hydrogen (secondary N) is 1. The minimum Gasteiger partial charge on any atom is -0.336 e. The second-order valence-electron chi connectivity index (χ2n) is 6.82. The summed E-state index contributed by atoms with van der Waals surface area (Å²) in [7, 11) is 3.36. The Bertz CT molecular complexity index is 1030. The van der Waals surface area contributed by atoms with E-state index in [0.29, 0.717) is 16.7 Å². The van der Waals surface area contributed by atoms with Crippen molar-refractivity contribution in [2.45, 2.75) is 12.1 Å². The zero-order valence-corrected chi connectivity index (χ0v) is 17.7. The van der Waals surface area contributed by atoms with Crippen LogP contribution in [0.1, 0.15) is 5.56 Å². The first-order valence-electron chi connectivity index (χ1n) is 9.22. The Morgan fingerprint density at radius 2 is 1.77 bits per heavy atom. The molecule has 3 rings (SSSR count). The van der Waals surface area contributed by atoms with E-state index in [1.165, 1.54) is 28.8 Å². The predicted octanol–water partition coefficient (Wildman–Crippen LogP) is 3.12. The third kappa shape index (κ3) is 5.44. The number of halogens is 1. The van der Waals surface area contributed by atoms with E-state index in [4.69, 9.17) is 0 Å². The molecule has 30 heavy (non-hydrogen) atoms. The van der Waals surface area contributed by atoms with Crippen LogP contribution < -0.4 is 5.32 Å². The van der Waals surface area contributed by atoms with Gasteiger partial charge in [-0.15, -0.1) is 10.2 Å². The summed E-state index contributed by atoms with van der Waals surface area (Å²) in [5.41, 5.74) is 2.52. The lowest BCUT2D eigenvalue weighted by Gasteiger charge is -2.16. The number of aryl methyl sites for hydroxylation is 1. The molecule has 0 spiro atoms. The largest absolute Gasteiger partial charge is 0.336 e. The number of aromatic nitrogens is 3. The number of hydrogen-bond acceptors (Lipinski definition) is 5. The van der Waals surface area contributed by atoms with E-state index < -0.39 is 0 Å². The van der Waals surface area contributed by atoms with Gasteiger partial charge >= 0.3 is 0 Å². The molecule has 1 heterocycles. The monoisotopic (exact) mass is 427 g/mol. The van der Waals surface area contributed by atoms with Crippen molar-refractivity contribution in [2.75, 3.05) is 24.7 Å². The van der Waals surface area contributed by atoms with Gasteiger partial charge in [-0.1, -0.05) is 29.5 Å². The number of amides is 2. The van der Waals surface area contributed by atoms with Gasteiger partial charge < -0.3 is 14.8 Å². The van der Waals surface area contributed by atoms with Crippen molar-refractivity contribution in [3.8, 4) is 11.4 Å². The van der Waals surface area contributed by atoms with E-state index >= 15 is 0 Å². The molecule has 0 aliphatic carbocycles. The van der Waals surface area contributed by atoms with Crippen LogP contribution >= 0.6 is 11.8 Å². The summed E-state index contributed by atoms with van der Waals surface area (Å²) in [5.74, 6) is -0.0994. The second-order valence-corrected chi connectivity index (χ2v) is 7.77. The van der Waals surface area contributed by atoms with Crippen LogP contribution in [0.25, 0.3) is 11.4 Å². The zero-order chi connectivity index (χ0) is 21.7. The van der Waals surface area contributed by atoms with E-state index in [1.54, 1.807) is 30.8 Å². The number of rotatable bonds is 7. The van der Waals surface area contributed by atoms with E-state index in [9.17, 15) is 14.0 Å². The maximum atomic E-state index is 13.1. The van der Waals surface area contributed by atoms with Crippen molar-refractivity contribution >= 4 is 29.3 Å². The fourth-order valence-corrected chi connectivity index (χ4v) is 3.52. The summed E-state index contributed by atoms with van der Waals surface area (Å²) in [6, 6.07) is 13.4. The van der Waals surface area contributed by atoms with Crippen LogP contribution in [0, 0.1) is 12.7 Å². The summed E-state index contributed by atoms with van der Waals surface area (Å²) in [6.07, 6.45) is 0. The van der Waals surface area contributed by atoms with Crippen LogP contribution in [0.2, 0.25) is 0 Å². The summed E-state index contributed by atoms with van der Waals surface area (Å²) < 4.78 is 14.8. The van der Waals surface area contributed by atoms with Crippen molar-refractivity contribution in [1.82, 2.24) is 19.7 Å². The van der Waals surface area contributed by atoms with Crippen LogP contribution in [0.15, 0.2) is 53.7 Å². The van der Waals surface area contributed by atoms with Crippen LogP contribution in [-0.2, 0) is 16.6 Å². The molecule has 0 unspecified atom stereocenters. The highest BCUT2D eigenvalue weighted by Crippen LogP contribution is 2.23. The highest BCUT2D eigenvalue weighted by Gasteiger charge is 2.17. The van der Waals surface area contributed by atoms with E-state index in [1.807, 2.05) is 31.2 Å². The number of likely N-dealkylation sites (N-methyl/N-ethyl adjacent to an activating group) is 1. The first-order chi connectivity index (χ1) is 14.3. The molecule has 0 bridgehead atoms. The van der Waals surface area contributed by atoms with Gasteiger partial charge in [0.15, 0.2) is 11.0 Å². The van der Waals surface area contributed by atoms with Crippen LogP contribution in [0.3, 0.4) is 0 Å². The average molecular weight is 428 g/mol. The Balaban J connectivity index is 1.53. The third-order valence-electron chi connectivity index (χ3n) is 4.40. The van der Waals surface area contributed by atoms with Crippen LogP contribution in [0.5, 0.6) is 0 Å². The Hall–Kier alpha value is -3.20. The van der Waals surface area contributed by atoms with Crippen molar-refractivity contribution in [1.29, 1.82) is 0 Å². The molecule has 7 nitrogen and oxygen atoms in total. The van der Waals surface area contributed by atoms with Gasteiger partial charge in [-0.3, -0.25) is 9.59 Å². The van der Waals surface area contributed by atoms with Gasteiger partial charge in [-0.05, 0) is 43.3 Å². The fraction of sp³-hybridized carbons (Fsp3) is 0.238. The number of nitrogens with zero attached hydrogens (tertiary/aromatic N) is 4. The van der Waals surface area contributed by atoms with Gasteiger partial charge in [-0.2, -0.15) is 0 Å². The first kappa shape index (κ1) is 21.5. The van der Waals surface area contributed by atoms with Gasteiger partial charge in [0.2, 0.25) is 11.8 Å². The normalized spacial score (nSPS) is 10.7. The van der Waals surface area contributed by atoms with E-state index in [-0.39, 0.29) is 29.9 Å². The maximum Gasteiger partial charge on any atom is 0.243 e. The van der Waals surface area contributed by atoms with Gasteiger partial charge in [0, 0.05) is 25.3 Å². The molecule has 0 aliphatic heterocycles. The second kappa shape index (κ2) is 9.53. The molecule has 0 fully saturated rings. The van der Waals surface area contributed by atoms with Gasteiger partial charge in [0.1, 0.15) is 5.82 Å². The highest BCUT2D eigenvalue weighted by molar-refractivity contribution is 7.99. The standard InChI is InChI=1S/C21H22FN5O2S/c1-14-4-10-17(11-5-14)23-18(28)12-26(2)19(29)13-30-21-25-24-20(27(21)3)15-6-8-16(22)9-7-15/h4-11H,12-13H2,1-3H3,(H,23,28). The molecule has 9 heteroatoms. The summed E-state index contributed by atoms with van der Waals surface area (Å²) in [5, 5.41) is 11.5. The van der Waals surface area contributed by atoms with Gasteiger partial charge in [0.05, 0.1) is 12.3 Å². The molecule has 1 N–H and O–H groups in total. The number of carbonyl (C=O) groups is 2. The molecule has 3 aromatic rings. The zero-order valence-electron chi connectivity index (χ0n) is 16.9. The minimum atomic E-state index is -0.324. The highest BCUT2D eigenvalue weighted by atomic mass is 32.2. The molecule has 0 atom stereocenters. The van der Waals surface area contributed by atoms with E-state index in [0.717, 1.165) is 11.1 Å². The average Bonchev–Trinajstić information content (AvgIpc) is 3.08. The number of hydrogen-bond donors (Lipinski definition) is 1. The van der Waals surface area contributed by atoms with Crippen molar-refractivity contribution < 1.29 is 14.0 Å². The number of thioether (sulfide) groups is 1. The van der Waals surface area contributed by atoms with Crippen LogP contribution in [-0.4, -0.2) is 50.8 Å². The fourth-order valence-electron chi connectivity index (χ4n) is 2.67. The molecule has 2 aromatic carbocycles. The number of anilines is 1. The Morgan fingerprint density at radius 3 is 2.43 bits per heavy atom. The molecule has 0 aliphatic rings. The number of benzene rings is 2. The molecular formula is C21H22FN5O2S. The Morgan fingerprint density at radius 1 is 1.10 bits per heavy atom. The third-order valence-corrected chi connectivity index (χ3v) is 5.41. The quantitative estimate of drug-likeness (QED) is 0.586. The smallest absolute Gasteiger partial charge is 0.243 e. The molecular weight excluding hydrogens is 405 g/mol. The van der Waals surface area contributed by atoms with E-state index in [2.05, 4.69) is 15.5 Å². The predicted molar refractivity (Wildman–Crippen MR) is 115 cm³/mol. The Kier molecular flexibility index (Phi) is 6.83. The molecule has 0 saturated carbocycles. The number of carbonyl (C=O) groups excluding carboxylic acids is 2. The lowest BCUT2D eigenvalue weighted by Crippen LogP contribution is -2.36. The molecule has 0 saturated heterocycles. The SMILES string of the molecule is Cc1ccc(NC(=O)CN(C)C(=O)CSc2nnc(-c3ccc(F)cc3)n2C)cc1. The van der Waals surface area contributed by atoms with Crippen molar-refractivity contribution in [3.05, 3.63) is 59.9 Å². The van der Waals surface area contributed by atoms with Crippen molar-refractivity contribution in [3.63, 3.8) is 0 Å². The summed E-state index contributed by atoms with van der Waals surface area (Å²) in [4.78, 5) is 25.9. The first-order valence-corrected chi connectivity index (χ1v) is 10.2. The van der Waals surface area contributed by atoms with Crippen LogP contribution in [0.4, 0.5) is 10.1 Å². The lowest BCUT2D eigenvalue weighted by atomic mass is 10.2.